The molecule has 8 heteroatoms. The van der Waals surface area contributed by atoms with Gasteiger partial charge in [-0.1, -0.05) is 18.2 Å². The van der Waals surface area contributed by atoms with Crippen LogP contribution >= 0.6 is 0 Å². The van der Waals surface area contributed by atoms with Crippen LogP contribution in [0.3, 0.4) is 0 Å². The number of nitrogens with zero attached hydrogens (tertiary/aromatic N) is 4. The molecule has 2 aromatic heterocycles. The monoisotopic (exact) mass is 298 g/mol. The van der Waals surface area contributed by atoms with Crippen LogP contribution in [0.1, 0.15) is 16.2 Å². The van der Waals surface area contributed by atoms with E-state index in [4.69, 9.17) is 16.2 Å². The molecule has 0 spiro atoms. The molecule has 0 amide bonds. The fourth-order valence-electron chi connectivity index (χ4n) is 2.23. The van der Waals surface area contributed by atoms with Crippen molar-refractivity contribution >= 4 is 28.8 Å². The predicted octanol–water partition coefficient (Wildman–Crippen LogP) is 0.885. The average Bonchev–Trinajstić information content (AvgIpc) is 2.82. The van der Waals surface area contributed by atoms with Crippen molar-refractivity contribution in [3.8, 4) is 0 Å². The Hall–Kier alpha value is -3.16. The van der Waals surface area contributed by atoms with E-state index in [2.05, 4.69) is 15.0 Å². The van der Waals surface area contributed by atoms with E-state index in [1.54, 1.807) is 6.20 Å². The van der Waals surface area contributed by atoms with Crippen LogP contribution in [0.5, 0.6) is 0 Å². The number of nitrogen functional groups attached to an aromatic ring is 2. The first-order chi connectivity index (χ1) is 10.5. The quantitative estimate of drug-likeness (QED) is 0.688. The molecule has 0 radical (unpaired) electrons. The topological polar surface area (TPSA) is 122 Å². The molecule has 0 bridgehead atoms. The molecular formula is C14H14N6O2. The van der Waals surface area contributed by atoms with Crippen molar-refractivity contribution in [2.45, 2.75) is 6.61 Å². The van der Waals surface area contributed by atoms with E-state index in [1.807, 2.05) is 35.9 Å². The molecule has 3 rings (SSSR count). The van der Waals surface area contributed by atoms with Gasteiger partial charge in [-0.05, 0) is 6.07 Å². The van der Waals surface area contributed by atoms with Gasteiger partial charge in [0.25, 0.3) is 0 Å². The van der Waals surface area contributed by atoms with Crippen molar-refractivity contribution < 1.29 is 9.53 Å². The Morgan fingerprint density at radius 1 is 1.18 bits per heavy atom. The van der Waals surface area contributed by atoms with Crippen molar-refractivity contribution in [1.29, 1.82) is 0 Å². The number of fused-ring (bicyclic) bond motifs is 1. The van der Waals surface area contributed by atoms with Crippen LogP contribution in [0.15, 0.2) is 30.5 Å². The lowest BCUT2D eigenvalue weighted by Crippen LogP contribution is -2.11. The molecule has 0 aliphatic rings. The Balaban J connectivity index is 1.82. The van der Waals surface area contributed by atoms with E-state index in [0.717, 1.165) is 10.9 Å². The number of carbonyl (C=O) groups is 1. The number of aryl methyl sites for hydroxylation is 1. The Kier molecular flexibility index (Phi) is 3.34. The largest absolute Gasteiger partial charge is 0.454 e. The van der Waals surface area contributed by atoms with Gasteiger partial charge in [0.2, 0.25) is 11.9 Å². The van der Waals surface area contributed by atoms with Gasteiger partial charge in [-0.2, -0.15) is 15.0 Å². The lowest BCUT2D eigenvalue weighted by molar-refractivity contribution is 0.0464. The summed E-state index contributed by atoms with van der Waals surface area (Å²) in [5.41, 5.74) is 12.4. The number of hydrogen-bond donors (Lipinski definition) is 2. The van der Waals surface area contributed by atoms with Crippen LogP contribution in [-0.4, -0.2) is 25.5 Å². The van der Waals surface area contributed by atoms with Gasteiger partial charge in [-0.15, -0.1) is 0 Å². The first-order valence-corrected chi connectivity index (χ1v) is 6.51. The lowest BCUT2D eigenvalue weighted by Gasteiger charge is -2.04. The zero-order chi connectivity index (χ0) is 15.7. The molecule has 8 nitrogen and oxygen atoms in total. The molecule has 0 aliphatic heterocycles. The molecular weight excluding hydrogens is 284 g/mol. The number of esters is 1. The van der Waals surface area contributed by atoms with E-state index >= 15 is 0 Å². The van der Waals surface area contributed by atoms with E-state index in [0.29, 0.717) is 5.56 Å². The van der Waals surface area contributed by atoms with Crippen LogP contribution in [-0.2, 0) is 18.4 Å². The second-order valence-corrected chi connectivity index (χ2v) is 4.71. The molecule has 0 atom stereocenters. The highest BCUT2D eigenvalue weighted by Gasteiger charge is 2.15. The summed E-state index contributed by atoms with van der Waals surface area (Å²) >= 11 is 0. The van der Waals surface area contributed by atoms with Crippen molar-refractivity contribution in [3.63, 3.8) is 0 Å². The highest BCUT2D eigenvalue weighted by atomic mass is 16.5. The maximum absolute atomic E-state index is 12.2. The minimum atomic E-state index is -0.464. The summed E-state index contributed by atoms with van der Waals surface area (Å²) in [4.78, 5) is 23.6. The minimum Gasteiger partial charge on any atom is -0.454 e. The number of carbonyl (C=O) groups excluding carboxylic acids is 1. The zero-order valence-electron chi connectivity index (χ0n) is 11.9. The first kappa shape index (κ1) is 13.8. The Bertz CT molecular complexity index is 837. The van der Waals surface area contributed by atoms with Crippen LogP contribution < -0.4 is 11.5 Å². The number of aromatic nitrogens is 4. The van der Waals surface area contributed by atoms with Gasteiger partial charge < -0.3 is 20.8 Å². The third kappa shape index (κ3) is 2.53. The summed E-state index contributed by atoms with van der Waals surface area (Å²) in [5, 5.41) is 0.824. The van der Waals surface area contributed by atoms with Crippen molar-refractivity contribution in [2.75, 3.05) is 11.5 Å². The Morgan fingerprint density at radius 3 is 2.59 bits per heavy atom. The highest BCUT2D eigenvalue weighted by Crippen LogP contribution is 2.21. The molecule has 0 fully saturated rings. The molecule has 4 N–H and O–H groups in total. The first-order valence-electron chi connectivity index (χ1n) is 6.51. The lowest BCUT2D eigenvalue weighted by atomic mass is 10.2. The summed E-state index contributed by atoms with van der Waals surface area (Å²) < 4.78 is 7.10. The molecule has 3 aromatic rings. The minimum absolute atomic E-state index is 0.0105. The van der Waals surface area contributed by atoms with Gasteiger partial charge in [-0.25, -0.2) is 4.79 Å². The average molecular weight is 298 g/mol. The maximum atomic E-state index is 12.2. The number of rotatable bonds is 3. The molecule has 0 saturated carbocycles. The van der Waals surface area contributed by atoms with Gasteiger partial charge in [0, 0.05) is 24.1 Å². The van der Waals surface area contributed by atoms with Gasteiger partial charge in [0.05, 0.1) is 5.56 Å². The van der Waals surface area contributed by atoms with Gasteiger partial charge in [-0.3, -0.25) is 0 Å². The summed E-state index contributed by atoms with van der Waals surface area (Å²) in [7, 11) is 1.87. The van der Waals surface area contributed by atoms with E-state index < -0.39 is 5.97 Å². The zero-order valence-corrected chi connectivity index (χ0v) is 11.9. The number of para-hydroxylation sites is 1. The second-order valence-electron chi connectivity index (χ2n) is 4.71. The van der Waals surface area contributed by atoms with Crippen LogP contribution in [0.2, 0.25) is 0 Å². The summed E-state index contributed by atoms with van der Waals surface area (Å²) in [5.74, 6) is -0.277. The third-order valence-electron chi connectivity index (χ3n) is 3.17. The van der Waals surface area contributed by atoms with Crippen LogP contribution in [0, 0.1) is 0 Å². The van der Waals surface area contributed by atoms with E-state index in [-0.39, 0.29) is 24.3 Å². The molecule has 0 unspecified atom stereocenters. The standard InChI is InChI=1S/C14H14N6O2/c1-20-6-9(8-4-2-3-5-10(8)20)12(21)22-7-11-17-13(15)19-14(16)18-11/h2-6H,7H2,1H3,(H4,15,16,17,18,19). The molecule has 0 saturated heterocycles. The van der Waals surface area contributed by atoms with Gasteiger partial charge in [0.1, 0.15) is 0 Å². The van der Waals surface area contributed by atoms with Crippen LogP contribution in [0.25, 0.3) is 10.9 Å². The van der Waals surface area contributed by atoms with Crippen molar-refractivity contribution in [1.82, 2.24) is 19.5 Å². The Labute approximate surface area is 125 Å². The fourth-order valence-corrected chi connectivity index (χ4v) is 2.23. The molecule has 0 aliphatic carbocycles. The number of ether oxygens (including phenoxy) is 1. The number of hydrogen-bond acceptors (Lipinski definition) is 7. The van der Waals surface area contributed by atoms with Crippen LogP contribution in [0.4, 0.5) is 11.9 Å². The molecule has 2 heterocycles. The second kappa shape index (κ2) is 5.32. The molecule has 22 heavy (non-hydrogen) atoms. The van der Waals surface area contributed by atoms with Crippen molar-refractivity contribution in [3.05, 3.63) is 41.9 Å². The highest BCUT2D eigenvalue weighted by molar-refractivity contribution is 6.04. The fraction of sp³-hybridized carbons (Fsp3) is 0.143. The molecule has 112 valence electrons. The summed E-state index contributed by atoms with van der Waals surface area (Å²) in [6, 6.07) is 7.57. The smallest absolute Gasteiger partial charge is 0.340 e. The SMILES string of the molecule is Cn1cc(C(=O)OCc2nc(N)nc(N)n2)c2ccccc21. The maximum Gasteiger partial charge on any atom is 0.340 e. The number of nitrogens with two attached hydrogens (primary N) is 2. The summed E-state index contributed by atoms with van der Waals surface area (Å²) in [6.45, 7) is -0.126. The van der Waals surface area contributed by atoms with Gasteiger partial charge in [0.15, 0.2) is 12.4 Å². The molecule has 1 aromatic carbocycles. The van der Waals surface area contributed by atoms with E-state index in [9.17, 15) is 4.79 Å². The number of benzene rings is 1. The van der Waals surface area contributed by atoms with Gasteiger partial charge >= 0.3 is 5.97 Å². The predicted molar refractivity (Wildman–Crippen MR) is 80.7 cm³/mol. The third-order valence-corrected chi connectivity index (χ3v) is 3.17. The number of anilines is 2. The van der Waals surface area contributed by atoms with E-state index in [1.165, 1.54) is 0 Å². The Morgan fingerprint density at radius 2 is 1.86 bits per heavy atom. The van der Waals surface area contributed by atoms with Crippen molar-refractivity contribution in [2.24, 2.45) is 7.05 Å². The summed E-state index contributed by atoms with van der Waals surface area (Å²) in [6.07, 6.45) is 1.73. The normalized spacial score (nSPS) is 10.8.